The van der Waals surface area contributed by atoms with Crippen molar-refractivity contribution < 1.29 is 0 Å². The molecule has 420 valence electrons. The Hall–Kier alpha value is -6.78. The van der Waals surface area contributed by atoms with Gasteiger partial charge in [0, 0.05) is 123 Å². The van der Waals surface area contributed by atoms with Gasteiger partial charge in [0.1, 0.15) is 0 Å². The van der Waals surface area contributed by atoms with Crippen LogP contribution in [0, 0.1) is 0 Å². The lowest BCUT2D eigenvalue weighted by atomic mass is 10.0. The van der Waals surface area contributed by atoms with Crippen LogP contribution >= 0.6 is 68.0 Å². The average molecular weight is 1200 g/mol. The molecule has 1 aliphatic rings. The van der Waals surface area contributed by atoms with E-state index in [1.165, 1.54) is 130 Å². The second kappa shape index (κ2) is 30.3. The molecule has 6 heterocycles. The fourth-order valence-corrected chi connectivity index (χ4v) is 16.8. The average Bonchev–Trinajstić information content (AvgIpc) is 4.18. The Morgan fingerprint density at radius 3 is 0.524 bits per heavy atom. The van der Waals surface area contributed by atoms with Crippen LogP contribution in [0.4, 0.5) is 0 Å². The Morgan fingerprint density at radius 1 is 0.226 bits per heavy atom. The van der Waals surface area contributed by atoms with E-state index < -0.39 is 0 Å². The number of unbranched alkanes of at least 4 members (excludes halogenated alkanes) is 6. The molecule has 0 aliphatic heterocycles. The summed E-state index contributed by atoms with van der Waals surface area (Å²) in [7, 11) is 0. The highest BCUT2D eigenvalue weighted by Gasteiger charge is 2.17. The summed E-state index contributed by atoms with van der Waals surface area (Å²) in [5.74, 6) is 0. The summed E-state index contributed by atoms with van der Waals surface area (Å²) in [6, 6.07) is 41.3. The van der Waals surface area contributed by atoms with Gasteiger partial charge in [0.15, 0.2) is 0 Å². The normalized spacial score (nSPS) is 11.4. The predicted molar refractivity (Wildman–Crippen MR) is 370 cm³/mol. The first kappa shape index (κ1) is 60.3. The number of rotatable bonds is 24. The highest BCUT2D eigenvalue weighted by Crippen LogP contribution is 2.41. The Kier molecular flexibility index (Phi) is 21.8. The van der Waals surface area contributed by atoms with Crippen molar-refractivity contribution in [2.24, 2.45) is 0 Å². The van der Waals surface area contributed by atoms with Gasteiger partial charge < -0.3 is 0 Å². The Labute approximate surface area is 522 Å². The minimum Gasteiger partial charge on any atom is -0.140 e. The zero-order valence-electron chi connectivity index (χ0n) is 49.6. The van der Waals surface area contributed by atoms with Gasteiger partial charge in [-0.3, -0.25) is 0 Å². The van der Waals surface area contributed by atoms with Crippen LogP contribution in [0.5, 0.6) is 0 Å². The third-order valence-electron chi connectivity index (χ3n) is 15.1. The van der Waals surface area contributed by atoms with E-state index in [1.807, 2.05) is 68.0 Å². The third kappa shape index (κ3) is 15.4. The van der Waals surface area contributed by atoms with E-state index in [0.717, 1.165) is 108 Å². The van der Waals surface area contributed by atoms with Gasteiger partial charge in [-0.2, -0.15) is 0 Å². The van der Waals surface area contributed by atoms with Crippen molar-refractivity contribution in [3.63, 3.8) is 0 Å². The molecule has 0 saturated carbocycles. The van der Waals surface area contributed by atoms with Gasteiger partial charge in [-0.05, 0) is 221 Å². The lowest BCUT2D eigenvalue weighted by Gasteiger charge is -2.07. The summed E-state index contributed by atoms with van der Waals surface area (Å²) < 4.78 is 0. The second-order valence-corrected chi connectivity index (χ2v) is 28.6. The minimum absolute atomic E-state index is 0.833. The van der Waals surface area contributed by atoms with Gasteiger partial charge in [-0.15, -0.1) is 68.0 Å². The molecule has 0 bridgehead atoms. The molecule has 0 nitrogen and oxygen atoms in total. The highest BCUT2D eigenvalue weighted by molar-refractivity contribution is 7.18. The zero-order valence-corrected chi connectivity index (χ0v) is 54.5. The monoisotopic (exact) mass is 1200 g/mol. The van der Waals surface area contributed by atoms with Crippen LogP contribution in [0.1, 0.15) is 148 Å². The second-order valence-electron chi connectivity index (χ2n) is 21.5. The van der Waals surface area contributed by atoms with Crippen molar-refractivity contribution in [3.05, 3.63) is 204 Å². The molecule has 0 atom stereocenters. The summed E-state index contributed by atoms with van der Waals surface area (Å²) in [5.41, 5.74) is 48.4. The van der Waals surface area contributed by atoms with E-state index in [2.05, 4.69) is 220 Å². The molecule has 0 amide bonds. The number of benzene rings is 3. The van der Waals surface area contributed by atoms with Crippen molar-refractivity contribution in [1.82, 2.24) is 0 Å². The topological polar surface area (TPSA) is 0 Å². The van der Waals surface area contributed by atoms with Crippen LogP contribution in [0.25, 0.3) is 97.0 Å². The molecule has 0 N–H and O–H groups in total. The highest BCUT2D eigenvalue weighted by atomic mass is 32.1. The van der Waals surface area contributed by atoms with Crippen molar-refractivity contribution in [3.8, 4) is 62.6 Å². The summed E-state index contributed by atoms with van der Waals surface area (Å²) >= 11 is 11.4. The van der Waals surface area contributed by atoms with Gasteiger partial charge in [0.2, 0.25) is 0 Å². The van der Waals surface area contributed by atoms with Crippen molar-refractivity contribution >= 4 is 102 Å². The predicted octanol–water partition coefficient (Wildman–Crippen LogP) is 19.4. The maximum atomic E-state index is 3.56. The molecule has 6 aromatic heterocycles. The van der Waals surface area contributed by atoms with E-state index >= 15 is 0 Å². The molecule has 0 spiro atoms. The van der Waals surface area contributed by atoms with Crippen LogP contribution in [0.3, 0.4) is 0 Å². The van der Waals surface area contributed by atoms with Crippen LogP contribution in [-0.4, -0.2) is 0 Å². The molecule has 0 fully saturated rings. The molecular weight excluding hydrogens is 1130 g/mol. The molecule has 0 radical (unpaired) electrons. The van der Waals surface area contributed by atoms with Gasteiger partial charge in [-0.25, -0.2) is 0 Å². The first-order valence-electron chi connectivity index (χ1n) is 30.5. The van der Waals surface area contributed by atoms with Crippen molar-refractivity contribution in [2.45, 2.75) is 157 Å². The van der Waals surface area contributed by atoms with E-state index in [-0.39, 0.29) is 0 Å². The van der Waals surface area contributed by atoms with Crippen LogP contribution < -0.4 is 31.3 Å². The van der Waals surface area contributed by atoms with Crippen molar-refractivity contribution in [1.29, 1.82) is 0 Å². The Morgan fingerprint density at radius 2 is 0.381 bits per heavy atom. The third-order valence-corrected chi connectivity index (χ3v) is 22.1. The Balaban J connectivity index is 1.36. The molecule has 3 aromatic carbocycles. The molecular formula is C78H72S6. The lowest BCUT2D eigenvalue weighted by Crippen LogP contribution is -2.23. The molecule has 10 rings (SSSR count). The first-order chi connectivity index (χ1) is 41.3. The van der Waals surface area contributed by atoms with Gasteiger partial charge >= 0.3 is 0 Å². The summed E-state index contributed by atoms with van der Waals surface area (Å²) in [4.78, 5) is 15.9. The van der Waals surface area contributed by atoms with Gasteiger partial charge in [0.05, 0.1) is 0 Å². The zero-order chi connectivity index (χ0) is 58.0. The fraction of sp³-hybridized carbons (Fsp3) is 0.308. The van der Waals surface area contributed by atoms with Crippen molar-refractivity contribution in [2.75, 3.05) is 0 Å². The van der Waals surface area contributed by atoms with E-state index in [0.29, 0.717) is 0 Å². The number of hydrogen-bond donors (Lipinski definition) is 0. The molecule has 0 saturated heterocycles. The molecule has 84 heavy (non-hydrogen) atoms. The van der Waals surface area contributed by atoms with E-state index in [4.69, 9.17) is 0 Å². The number of thiophene rings is 6. The van der Waals surface area contributed by atoms with Crippen LogP contribution in [-0.2, 0) is 38.5 Å². The largest absolute Gasteiger partial charge is 0.140 e. The van der Waals surface area contributed by atoms with Gasteiger partial charge in [-0.1, -0.05) is 114 Å². The summed E-state index contributed by atoms with van der Waals surface area (Å²) in [6.07, 6.45) is 20.5. The molecule has 1 aliphatic carbocycles. The summed E-state index contributed by atoms with van der Waals surface area (Å²) in [5, 5.41) is 5.00. The molecule has 6 heteroatoms. The standard InChI is InChI=1S/C78H72S6/c1-7-13-31-61-37-43-73(79-61)67-49-55-25-19-20-27-57-51-69(75-45-39-63(81-75)33-15-9-3)71(77-47-41-65(83-77)35-17-11-5)53-59(57)29-23-24-30-60-54-72(78-48-42-66(84-78)36-18-12-6)70(76-46-40-64(82-76)34-16-10-4)52-58(60)28-22-21-26-56(55)50-68(67)74-44-38-62(80-74)32-14-8-2/h37-54H,7-18,31-36H2,1-6H3. The van der Waals surface area contributed by atoms with Gasteiger partial charge in [0.25, 0.3) is 0 Å². The maximum absolute atomic E-state index is 3.56. The Bertz CT molecular complexity index is 3860. The SMILES string of the molecule is CCCCc1ccc(-c2cc3c(cc2-c2ccc(CCCC)s2)=C=C=C=C=c2cc(-c4ccc(CCCC)s4)c(-c4ccc(CCCC)s4)cc2=C=C=C=C=c2cc(-c4ccc(CCCC)s4)c(-c4ccc(CCCC)s4)cc2=C=C=C=C=3)s1. The van der Waals surface area contributed by atoms with E-state index in [9.17, 15) is 0 Å². The van der Waals surface area contributed by atoms with E-state index in [1.54, 1.807) is 0 Å². The number of aryl methyl sites for hydroxylation is 6. The quantitative estimate of drug-likeness (QED) is 0.0529. The maximum Gasteiger partial charge on any atom is 0.0419 e. The smallest absolute Gasteiger partial charge is 0.0419 e. The fourth-order valence-electron chi connectivity index (χ4n) is 10.3. The van der Waals surface area contributed by atoms with Crippen LogP contribution in [0.2, 0.25) is 0 Å². The van der Waals surface area contributed by atoms with Crippen LogP contribution in [0.15, 0.2) is 144 Å². The molecule has 9 aromatic rings. The number of fused-ring (bicyclic) bond motifs is 3. The number of hydrogen-bond acceptors (Lipinski definition) is 6. The minimum atomic E-state index is 0.833. The molecule has 0 unspecified atom stereocenters. The lowest BCUT2D eigenvalue weighted by molar-refractivity contribution is 0.804. The first-order valence-corrected chi connectivity index (χ1v) is 35.4. The summed E-state index contributed by atoms with van der Waals surface area (Å²) in [6.45, 7) is 13.6.